The van der Waals surface area contributed by atoms with Crippen molar-refractivity contribution in [1.82, 2.24) is 9.97 Å². The van der Waals surface area contributed by atoms with E-state index in [1.54, 1.807) is 38.1 Å². The van der Waals surface area contributed by atoms with Gasteiger partial charge in [-0.2, -0.15) is 0 Å². The van der Waals surface area contributed by atoms with E-state index in [0.29, 0.717) is 11.4 Å². The molecule has 39 heavy (non-hydrogen) atoms. The standard InChI is InChI=1S/C26H24FN5O5S2/c1-18-16-19(2)29-26(28-18)31-38(34,35)23-14-10-21(11-15-23)30-25(33)17-32(22-12-8-20(27)9-13-22)39(36,37)24-6-4-3-5-7-24/h3-16H,17H2,1-2H3,(H,30,33)(H,28,29,31). The summed E-state index contributed by atoms with van der Waals surface area (Å²) < 4.78 is 68.8. The van der Waals surface area contributed by atoms with Crippen molar-refractivity contribution in [2.24, 2.45) is 0 Å². The lowest BCUT2D eigenvalue weighted by Gasteiger charge is -2.24. The van der Waals surface area contributed by atoms with Crippen LogP contribution in [0.4, 0.5) is 21.7 Å². The molecular weight excluding hydrogens is 545 g/mol. The second kappa shape index (κ2) is 11.2. The average Bonchev–Trinajstić information content (AvgIpc) is 2.88. The summed E-state index contributed by atoms with van der Waals surface area (Å²) in [6.45, 7) is 2.81. The van der Waals surface area contributed by atoms with Crippen molar-refractivity contribution >= 4 is 43.3 Å². The summed E-state index contributed by atoms with van der Waals surface area (Å²) in [5.74, 6) is -1.32. The fourth-order valence-electron chi connectivity index (χ4n) is 3.64. The highest BCUT2D eigenvalue weighted by atomic mass is 32.2. The quantitative estimate of drug-likeness (QED) is 0.312. The van der Waals surface area contributed by atoms with Gasteiger partial charge in [-0.15, -0.1) is 0 Å². The Morgan fingerprint density at radius 3 is 2.00 bits per heavy atom. The fraction of sp³-hybridized carbons (Fsp3) is 0.115. The molecule has 1 amide bonds. The van der Waals surface area contributed by atoms with Crippen LogP contribution in [0.1, 0.15) is 11.4 Å². The van der Waals surface area contributed by atoms with Crippen LogP contribution in [0.2, 0.25) is 0 Å². The lowest BCUT2D eigenvalue weighted by molar-refractivity contribution is -0.114. The molecule has 1 heterocycles. The number of amides is 1. The van der Waals surface area contributed by atoms with Crippen LogP contribution in [0.15, 0.2) is 94.7 Å². The number of nitrogens with zero attached hydrogens (tertiary/aromatic N) is 3. The van der Waals surface area contributed by atoms with Gasteiger partial charge in [-0.05, 0) is 80.6 Å². The van der Waals surface area contributed by atoms with Crippen molar-refractivity contribution in [2.45, 2.75) is 23.6 Å². The molecule has 0 radical (unpaired) electrons. The minimum atomic E-state index is -4.17. The Morgan fingerprint density at radius 2 is 1.41 bits per heavy atom. The van der Waals surface area contributed by atoms with Crippen molar-refractivity contribution in [3.63, 3.8) is 0 Å². The van der Waals surface area contributed by atoms with Crippen LogP contribution >= 0.6 is 0 Å². The van der Waals surface area contributed by atoms with Gasteiger partial charge in [0.25, 0.3) is 20.0 Å². The molecule has 0 aliphatic carbocycles. The Balaban J connectivity index is 1.52. The Hall–Kier alpha value is -4.36. The first-order chi connectivity index (χ1) is 18.4. The summed E-state index contributed by atoms with van der Waals surface area (Å²) in [4.78, 5) is 20.9. The van der Waals surface area contributed by atoms with E-state index in [-0.39, 0.29) is 27.1 Å². The summed E-state index contributed by atoms with van der Waals surface area (Å²) in [6.07, 6.45) is 0. The number of carbonyl (C=O) groups is 1. The third-order valence-corrected chi connectivity index (χ3v) is 8.52. The number of anilines is 3. The Labute approximate surface area is 225 Å². The van der Waals surface area contributed by atoms with Gasteiger partial charge in [-0.25, -0.2) is 35.9 Å². The first-order valence-corrected chi connectivity index (χ1v) is 14.4. The third kappa shape index (κ3) is 6.75. The number of benzene rings is 3. The van der Waals surface area contributed by atoms with E-state index >= 15 is 0 Å². The van der Waals surface area contributed by atoms with Gasteiger partial charge >= 0.3 is 0 Å². The number of aromatic nitrogens is 2. The third-order valence-electron chi connectivity index (χ3n) is 5.39. The van der Waals surface area contributed by atoms with Crippen molar-refractivity contribution in [3.05, 3.63) is 102 Å². The predicted octanol–water partition coefficient (Wildman–Crippen LogP) is 3.87. The van der Waals surface area contributed by atoms with Crippen molar-refractivity contribution < 1.29 is 26.0 Å². The van der Waals surface area contributed by atoms with Crippen LogP contribution in [-0.4, -0.2) is 39.3 Å². The molecule has 1 aromatic heterocycles. The van der Waals surface area contributed by atoms with E-state index in [0.717, 1.165) is 16.4 Å². The van der Waals surface area contributed by atoms with Crippen molar-refractivity contribution in [1.29, 1.82) is 0 Å². The number of nitrogens with one attached hydrogen (secondary N) is 2. The Morgan fingerprint density at radius 1 is 0.821 bits per heavy atom. The van der Waals surface area contributed by atoms with Gasteiger partial charge in [0.1, 0.15) is 12.4 Å². The normalized spacial score (nSPS) is 11.6. The zero-order chi connectivity index (χ0) is 28.2. The summed E-state index contributed by atoms with van der Waals surface area (Å²) >= 11 is 0. The van der Waals surface area contributed by atoms with Gasteiger partial charge in [0, 0.05) is 17.1 Å². The Kier molecular flexibility index (Phi) is 7.93. The molecule has 0 aliphatic rings. The number of halogens is 1. The second-order valence-corrected chi connectivity index (χ2v) is 12.0. The lowest BCUT2D eigenvalue weighted by atomic mass is 10.3. The molecule has 2 N–H and O–H groups in total. The molecule has 10 nitrogen and oxygen atoms in total. The van der Waals surface area contributed by atoms with Crippen LogP contribution < -0.4 is 14.3 Å². The summed E-state index contributed by atoms with van der Waals surface area (Å²) in [5, 5.41) is 2.56. The van der Waals surface area contributed by atoms with Crippen LogP contribution in [0.5, 0.6) is 0 Å². The minimum absolute atomic E-state index is 0.0445. The highest BCUT2D eigenvalue weighted by molar-refractivity contribution is 7.93. The van der Waals surface area contributed by atoms with Crippen LogP contribution in [0, 0.1) is 19.7 Å². The summed E-state index contributed by atoms with van der Waals surface area (Å²) in [7, 11) is -8.17. The SMILES string of the molecule is Cc1cc(C)nc(NS(=O)(=O)c2ccc(NC(=O)CN(c3ccc(F)cc3)S(=O)(=O)c3ccccc3)cc2)n1. The van der Waals surface area contributed by atoms with Gasteiger partial charge < -0.3 is 5.32 Å². The lowest BCUT2D eigenvalue weighted by Crippen LogP contribution is -2.38. The smallest absolute Gasteiger partial charge is 0.264 e. The second-order valence-electron chi connectivity index (χ2n) is 8.45. The van der Waals surface area contributed by atoms with Gasteiger partial charge in [-0.3, -0.25) is 9.10 Å². The molecule has 0 atom stereocenters. The largest absolute Gasteiger partial charge is 0.325 e. The number of aryl methyl sites for hydroxylation is 2. The molecule has 0 unspecified atom stereocenters. The van der Waals surface area contributed by atoms with E-state index in [2.05, 4.69) is 20.0 Å². The molecule has 3 aromatic carbocycles. The highest BCUT2D eigenvalue weighted by Crippen LogP contribution is 2.24. The molecule has 4 rings (SSSR count). The van der Waals surface area contributed by atoms with Crippen molar-refractivity contribution in [2.75, 3.05) is 20.9 Å². The molecule has 0 saturated heterocycles. The number of carbonyl (C=O) groups excluding carboxylic acids is 1. The predicted molar refractivity (Wildman–Crippen MR) is 145 cm³/mol. The van der Waals surface area contributed by atoms with Gasteiger partial charge in [0.2, 0.25) is 11.9 Å². The molecule has 0 spiro atoms. The number of rotatable bonds is 9. The monoisotopic (exact) mass is 569 g/mol. The van der Waals surface area contributed by atoms with Crippen LogP contribution in [-0.2, 0) is 24.8 Å². The molecule has 202 valence electrons. The van der Waals surface area contributed by atoms with Gasteiger partial charge in [-0.1, -0.05) is 18.2 Å². The Bertz CT molecular complexity index is 1680. The summed E-state index contributed by atoms with van der Waals surface area (Å²) in [6, 6.07) is 19.2. The fourth-order valence-corrected chi connectivity index (χ4v) is 6.03. The number of sulfonamides is 2. The van der Waals surface area contributed by atoms with E-state index in [4.69, 9.17) is 0 Å². The van der Waals surface area contributed by atoms with Crippen molar-refractivity contribution in [3.8, 4) is 0 Å². The van der Waals surface area contributed by atoms with E-state index in [1.165, 1.54) is 48.5 Å². The van der Waals surface area contributed by atoms with Crippen LogP contribution in [0.3, 0.4) is 0 Å². The molecular formula is C26H24FN5O5S2. The van der Waals surface area contributed by atoms with Gasteiger partial charge in [0.05, 0.1) is 15.5 Å². The zero-order valence-corrected chi connectivity index (χ0v) is 22.5. The molecule has 13 heteroatoms. The molecule has 0 bridgehead atoms. The van der Waals surface area contributed by atoms with E-state index in [1.807, 2.05) is 0 Å². The van der Waals surface area contributed by atoms with E-state index in [9.17, 15) is 26.0 Å². The summed E-state index contributed by atoms with van der Waals surface area (Å²) in [5.41, 5.74) is 1.53. The molecule has 0 aliphatic heterocycles. The minimum Gasteiger partial charge on any atom is -0.325 e. The maximum atomic E-state index is 13.5. The first kappa shape index (κ1) is 27.7. The number of hydrogen-bond acceptors (Lipinski definition) is 7. The first-order valence-electron chi connectivity index (χ1n) is 11.5. The zero-order valence-electron chi connectivity index (χ0n) is 20.9. The maximum absolute atomic E-state index is 13.5. The molecule has 4 aromatic rings. The molecule has 0 fully saturated rings. The number of hydrogen-bond donors (Lipinski definition) is 2. The average molecular weight is 570 g/mol. The molecule has 0 saturated carbocycles. The van der Waals surface area contributed by atoms with Crippen LogP contribution in [0.25, 0.3) is 0 Å². The van der Waals surface area contributed by atoms with E-state index < -0.39 is 38.3 Å². The highest BCUT2D eigenvalue weighted by Gasteiger charge is 2.27. The van der Waals surface area contributed by atoms with Gasteiger partial charge in [0.15, 0.2) is 0 Å². The topological polar surface area (TPSA) is 138 Å². The maximum Gasteiger partial charge on any atom is 0.264 e.